The van der Waals surface area contributed by atoms with Crippen LogP contribution in [0.2, 0.25) is 25.7 Å². The highest BCUT2D eigenvalue weighted by Gasteiger charge is 2.19. The summed E-state index contributed by atoms with van der Waals surface area (Å²) in [6, 6.07) is 0.740. The van der Waals surface area contributed by atoms with Crippen molar-refractivity contribution >= 4 is 41.1 Å². The van der Waals surface area contributed by atoms with Gasteiger partial charge < -0.3 is 19.7 Å². The number of ether oxygens (including phenoxy) is 1. The number of hydrogen-bond donors (Lipinski definition) is 2. The SMILES string of the molecule is C[C@@H](CO)NC(=O)c1cn(COCC[Si](C)(C)C)c2ncc(Br)nc12. The maximum Gasteiger partial charge on any atom is 0.255 e. The fourth-order valence-corrected chi connectivity index (χ4v) is 3.22. The molecule has 0 saturated heterocycles. The molecule has 2 rings (SSSR count). The van der Waals surface area contributed by atoms with E-state index < -0.39 is 8.07 Å². The van der Waals surface area contributed by atoms with Crippen LogP contribution < -0.4 is 5.32 Å². The number of aromatic nitrogens is 3. The van der Waals surface area contributed by atoms with Gasteiger partial charge in [0.15, 0.2) is 5.65 Å². The average Bonchev–Trinajstić information content (AvgIpc) is 2.88. The van der Waals surface area contributed by atoms with Gasteiger partial charge in [-0.15, -0.1) is 0 Å². The Balaban J connectivity index is 2.21. The molecule has 7 nitrogen and oxygen atoms in total. The molecule has 0 fully saturated rings. The van der Waals surface area contributed by atoms with Crippen molar-refractivity contribution in [2.45, 2.75) is 45.4 Å². The van der Waals surface area contributed by atoms with Crippen LogP contribution >= 0.6 is 15.9 Å². The Kier molecular flexibility index (Phi) is 6.72. The second-order valence-electron chi connectivity index (χ2n) is 7.28. The van der Waals surface area contributed by atoms with Gasteiger partial charge in [0.05, 0.1) is 18.4 Å². The minimum absolute atomic E-state index is 0.125. The lowest BCUT2D eigenvalue weighted by atomic mass is 10.2. The molecule has 0 aliphatic rings. The molecule has 2 aromatic heterocycles. The first-order chi connectivity index (χ1) is 11.7. The van der Waals surface area contributed by atoms with E-state index >= 15 is 0 Å². The normalized spacial score (nSPS) is 13.2. The molecule has 0 aromatic carbocycles. The lowest BCUT2D eigenvalue weighted by molar-refractivity contribution is 0.0886. The number of carbonyl (C=O) groups is 1. The number of fused-ring (bicyclic) bond motifs is 1. The number of rotatable bonds is 8. The number of nitrogens with one attached hydrogen (secondary N) is 1. The smallest absolute Gasteiger partial charge is 0.255 e. The van der Waals surface area contributed by atoms with E-state index in [2.05, 4.69) is 50.9 Å². The van der Waals surface area contributed by atoms with Crippen molar-refractivity contribution in [1.29, 1.82) is 0 Å². The minimum atomic E-state index is -1.15. The van der Waals surface area contributed by atoms with Crippen molar-refractivity contribution in [3.8, 4) is 0 Å². The van der Waals surface area contributed by atoms with Crippen LogP contribution in [0, 0.1) is 0 Å². The quantitative estimate of drug-likeness (QED) is 0.498. The molecule has 0 bridgehead atoms. The molecule has 2 N–H and O–H groups in total. The van der Waals surface area contributed by atoms with Crippen LogP contribution in [0.4, 0.5) is 0 Å². The molecule has 138 valence electrons. The molecule has 0 unspecified atom stereocenters. The molecular formula is C16H25BrN4O3Si. The summed E-state index contributed by atoms with van der Waals surface area (Å²) in [6.07, 6.45) is 3.30. The zero-order chi connectivity index (χ0) is 18.6. The number of amides is 1. The Hall–Kier alpha value is -1.29. The Morgan fingerprint density at radius 3 is 2.84 bits per heavy atom. The first-order valence-electron chi connectivity index (χ1n) is 8.22. The molecule has 0 spiro atoms. The van der Waals surface area contributed by atoms with Gasteiger partial charge in [-0.05, 0) is 28.9 Å². The van der Waals surface area contributed by atoms with Crippen molar-refractivity contribution in [1.82, 2.24) is 19.9 Å². The maximum atomic E-state index is 12.5. The van der Waals surface area contributed by atoms with Crippen LogP contribution in [-0.4, -0.2) is 52.9 Å². The number of aliphatic hydroxyl groups is 1. The van der Waals surface area contributed by atoms with E-state index in [0.717, 1.165) is 6.04 Å². The van der Waals surface area contributed by atoms with Gasteiger partial charge in [0.25, 0.3) is 5.91 Å². The van der Waals surface area contributed by atoms with Gasteiger partial charge in [0, 0.05) is 26.9 Å². The fourth-order valence-electron chi connectivity index (χ4n) is 2.18. The molecule has 1 atom stereocenters. The van der Waals surface area contributed by atoms with E-state index in [1.807, 2.05) is 0 Å². The minimum Gasteiger partial charge on any atom is -0.394 e. The Morgan fingerprint density at radius 2 is 2.20 bits per heavy atom. The molecule has 25 heavy (non-hydrogen) atoms. The summed E-state index contributed by atoms with van der Waals surface area (Å²) in [5.74, 6) is -0.292. The van der Waals surface area contributed by atoms with Crippen molar-refractivity contribution in [3.63, 3.8) is 0 Å². The zero-order valence-electron chi connectivity index (χ0n) is 15.0. The standard InChI is InChI=1S/C16H25BrN4O3Si/c1-11(9-22)19-16(23)12-8-21(10-24-5-6-25(2,3)4)15-14(12)20-13(17)7-18-15/h7-8,11,22H,5-6,9-10H2,1-4H3,(H,19,23)/t11-/m0/s1. The molecule has 9 heteroatoms. The molecule has 2 heterocycles. The average molecular weight is 429 g/mol. The summed E-state index contributed by atoms with van der Waals surface area (Å²) in [7, 11) is -1.15. The molecule has 0 saturated carbocycles. The zero-order valence-corrected chi connectivity index (χ0v) is 17.6. The Bertz CT molecular complexity index is 745. The molecule has 0 aliphatic carbocycles. The lowest BCUT2D eigenvalue weighted by Crippen LogP contribution is -2.34. The van der Waals surface area contributed by atoms with Crippen molar-refractivity contribution < 1.29 is 14.6 Å². The van der Waals surface area contributed by atoms with Gasteiger partial charge >= 0.3 is 0 Å². The van der Waals surface area contributed by atoms with Gasteiger partial charge in [-0.3, -0.25) is 4.79 Å². The van der Waals surface area contributed by atoms with Gasteiger partial charge in [-0.1, -0.05) is 19.6 Å². The van der Waals surface area contributed by atoms with Crippen molar-refractivity contribution in [2.75, 3.05) is 13.2 Å². The van der Waals surface area contributed by atoms with Crippen LogP contribution in [-0.2, 0) is 11.5 Å². The first-order valence-corrected chi connectivity index (χ1v) is 12.7. The van der Waals surface area contributed by atoms with Crippen LogP contribution in [0.5, 0.6) is 0 Å². The highest BCUT2D eigenvalue weighted by molar-refractivity contribution is 9.10. The van der Waals surface area contributed by atoms with Gasteiger partial charge in [0.1, 0.15) is 16.9 Å². The summed E-state index contributed by atoms with van der Waals surface area (Å²) in [4.78, 5) is 21.2. The lowest BCUT2D eigenvalue weighted by Gasteiger charge is -2.15. The predicted octanol–water partition coefficient (Wildman–Crippen LogP) is 2.62. The van der Waals surface area contributed by atoms with Crippen molar-refractivity contribution in [2.24, 2.45) is 0 Å². The van der Waals surface area contributed by atoms with Crippen LogP contribution in [0.25, 0.3) is 11.2 Å². The van der Waals surface area contributed by atoms with E-state index in [1.165, 1.54) is 0 Å². The summed E-state index contributed by atoms with van der Waals surface area (Å²) >= 11 is 3.29. The maximum absolute atomic E-state index is 12.5. The van der Waals surface area contributed by atoms with Gasteiger partial charge in [-0.2, -0.15) is 0 Å². The predicted molar refractivity (Wildman–Crippen MR) is 103 cm³/mol. The van der Waals surface area contributed by atoms with Gasteiger partial charge in [-0.25, -0.2) is 9.97 Å². The first kappa shape index (κ1) is 20.0. The Morgan fingerprint density at radius 1 is 1.48 bits per heavy atom. The topological polar surface area (TPSA) is 89.3 Å². The van der Waals surface area contributed by atoms with E-state index in [1.54, 1.807) is 23.9 Å². The molecule has 2 aromatic rings. The second kappa shape index (κ2) is 8.39. The van der Waals surface area contributed by atoms with Gasteiger partial charge in [0.2, 0.25) is 0 Å². The summed E-state index contributed by atoms with van der Waals surface area (Å²) < 4.78 is 8.12. The fraction of sp³-hybridized carbons (Fsp3) is 0.562. The number of hydrogen-bond acceptors (Lipinski definition) is 5. The largest absolute Gasteiger partial charge is 0.394 e. The highest BCUT2D eigenvalue weighted by Crippen LogP contribution is 2.20. The third-order valence-electron chi connectivity index (χ3n) is 3.66. The summed E-state index contributed by atoms with van der Waals surface area (Å²) in [5.41, 5.74) is 1.52. The summed E-state index contributed by atoms with van der Waals surface area (Å²) in [6.45, 7) is 9.51. The number of halogens is 1. The number of carbonyl (C=O) groups excluding carboxylic acids is 1. The second-order valence-corrected chi connectivity index (χ2v) is 13.7. The Labute approximate surface area is 156 Å². The van der Waals surface area contributed by atoms with E-state index in [9.17, 15) is 4.79 Å². The number of nitrogens with zero attached hydrogens (tertiary/aromatic N) is 3. The van der Waals surface area contributed by atoms with Crippen LogP contribution in [0.3, 0.4) is 0 Å². The highest BCUT2D eigenvalue weighted by atomic mass is 79.9. The van der Waals surface area contributed by atoms with Crippen LogP contribution in [0.15, 0.2) is 17.0 Å². The monoisotopic (exact) mass is 428 g/mol. The van der Waals surface area contributed by atoms with E-state index in [0.29, 0.717) is 34.7 Å². The van der Waals surface area contributed by atoms with Crippen LogP contribution in [0.1, 0.15) is 17.3 Å². The molecule has 0 aliphatic heterocycles. The molecular weight excluding hydrogens is 404 g/mol. The summed E-state index contributed by atoms with van der Waals surface area (Å²) in [5, 5.41) is 11.9. The van der Waals surface area contributed by atoms with E-state index in [-0.39, 0.29) is 18.6 Å². The molecule has 0 radical (unpaired) electrons. The third kappa shape index (κ3) is 5.60. The van der Waals surface area contributed by atoms with E-state index in [4.69, 9.17) is 9.84 Å². The molecule has 1 amide bonds. The number of aliphatic hydroxyl groups excluding tert-OH is 1. The van der Waals surface area contributed by atoms with Crippen molar-refractivity contribution in [3.05, 3.63) is 22.6 Å². The third-order valence-corrected chi connectivity index (χ3v) is 5.74.